The zero-order chi connectivity index (χ0) is 39.7. The molecule has 0 fully saturated rings. The maximum absolute atomic E-state index is 16.0. The molecular formula is C24H34F20O3Sn2. The zero-order valence-electron chi connectivity index (χ0n) is 26.3. The van der Waals surface area contributed by atoms with Crippen LogP contribution in [-0.4, -0.2) is 116 Å². The van der Waals surface area contributed by atoms with Crippen LogP contribution < -0.4 is 0 Å². The molecule has 0 bridgehead atoms. The van der Waals surface area contributed by atoms with Crippen LogP contribution in [0.2, 0.25) is 0 Å². The average molecular weight is 988 g/mol. The van der Waals surface area contributed by atoms with Gasteiger partial charge in [-0.05, 0) is 0 Å². The Morgan fingerprint density at radius 3 is 0.735 bits per heavy atom. The van der Waals surface area contributed by atoms with Crippen molar-refractivity contribution in [1.29, 1.82) is 0 Å². The van der Waals surface area contributed by atoms with Crippen molar-refractivity contribution in [2.75, 3.05) is 13.2 Å². The first-order valence-corrected chi connectivity index (χ1v) is 24.5. The molecule has 4 atom stereocenters. The molecule has 0 saturated heterocycles. The van der Waals surface area contributed by atoms with Crippen LogP contribution in [0.5, 0.6) is 0 Å². The van der Waals surface area contributed by atoms with Gasteiger partial charge in [0.2, 0.25) is 0 Å². The first kappa shape index (κ1) is 49.1. The molecule has 0 aliphatic rings. The molecule has 0 amide bonds. The average Bonchev–Trinajstić information content (AvgIpc) is 2.94. The van der Waals surface area contributed by atoms with Crippen LogP contribution in [0.15, 0.2) is 0 Å². The van der Waals surface area contributed by atoms with Crippen molar-refractivity contribution in [2.24, 2.45) is 0 Å². The van der Waals surface area contributed by atoms with Gasteiger partial charge < -0.3 is 0 Å². The van der Waals surface area contributed by atoms with Crippen LogP contribution in [0.1, 0.15) is 67.2 Å². The number of halogens is 20. The molecule has 0 aliphatic heterocycles. The third-order valence-corrected chi connectivity index (χ3v) is 36.6. The minimum atomic E-state index is -11.1. The zero-order valence-corrected chi connectivity index (χ0v) is 32.0. The van der Waals surface area contributed by atoms with Crippen molar-refractivity contribution in [2.45, 2.75) is 131 Å². The van der Waals surface area contributed by atoms with E-state index in [0.29, 0.717) is 0 Å². The topological polar surface area (TPSA) is 27.7 Å². The Hall–Kier alpha value is 0.0774. The summed E-state index contributed by atoms with van der Waals surface area (Å²) >= 11 is -22.2. The predicted octanol–water partition coefficient (Wildman–Crippen LogP) is 10.2. The van der Waals surface area contributed by atoms with Crippen LogP contribution in [0.25, 0.3) is 0 Å². The summed E-state index contributed by atoms with van der Waals surface area (Å²) in [7, 11) is 0. The van der Waals surface area contributed by atoms with Gasteiger partial charge in [0.15, 0.2) is 0 Å². The molecule has 0 aromatic carbocycles. The fourth-order valence-corrected chi connectivity index (χ4v) is 40.7. The first-order chi connectivity index (χ1) is 21.6. The van der Waals surface area contributed by atoms with Gasteiger partial charge >= 0.3 is 278 Å². The van der Waals surface area contributed by atoms with Gasteiger partial charge in [-0.25, -0.2) is 0 Å². The molecule has 0 saturated carbocycles. The quantitative estimate of drug-likeness (QED) is 0.0615. The van der Waals surface area contributed by atoms with Crippen LogP contribution in [0, 0.1) is 0 Å². The molecule has 296 valence electrons. The van der Waals surface area contributed by atoms with Gasteiger partial charge in [-0.1, -0.05) is 0 Å². The van der Waals surface area contributed by atoms with Gasteiger partial charge in [0, 0.05) is 0 Å². The van der Waals surface area contributed by atoms with Crippen molar-refractivity contribution < 1.29 is 95.4 Å². The van der Waals surface area contributed by atoms with Crippen molar-refractivity contribution in [3.05, 3.63) is 0 Å². The number of rotatable bonds is 22. The fourth-order valence-electron chi connectivity index (χ4n) is 3.87. The molecule has 0 radical (unpaired) electrons. The van der Waals surface area contributed by atoms with Crippen LogP contribution in [0.4, 0.5) is 87.8 Å². The molecule has 4 unspecified atom stereocenters. The number of hydrogen-bond donors (Lipinski definition) is 0. The first-order valence-electron chi connectivity index (χ1n) is 14.2. The van der Waals surface area contributed by atoms with E-state index in [4.69, 9.17) is 0 Å². The van der Waals surface area contributed by atoms with Gasteiger partial charge in [0.05, 0.1) is 0 Å². The van der Waals surface area contributed by atoms with Gasteiger partial charge in [-0.3, -0.25) is 0 Å². The molecule has 0 aliphatic carbocycles. The Bertz CT molecular complexity index is 911. The Labute approximate surface area is 277 Å². The molecular weight excluding hydrogens is 954 g/mol. The van der Waals surface area contributed by atoms with E-state index in [0.717, 1.165) is 13.8 Å². The second-order valence-electron chi connectivity index (χ2n) is 11.0. The van der Waals surface area contributed by atoms with Crippen molar-refractivity contribution in [1.82, 2.24) is 0 Å². The van der Waals surface area contributed by atoms with Crippen LogP contribution in [-0.2, 0) is 7.56 Å². The molecule has 0 spiro atoms. The molecule has 3 nitrogen and oxygen atoms in total. The summed E-state index contributed by atoms with van der Waals surface area (Å²) in [6.07, 6.45) is -21.6. The van der Waals surface area contributed by atoms with Crippen LogP contribution in [0.3, 0.4) is 0 Å². The van der Waals surface area contributed by atoms with Crippen molar-refractivity contribution >= 4 is 38.4 Å². The maximum atomic E-state index is 16.0. The summed E-state index contributed by atoms with van der Waals surface area (Å²) in [5.41, 5.74) is 0. The van der Waals surface area contributed by atoms with E-state index < -0.39 is 169 Å². The molecule has 49 heavy (non-hydrogen) atoms. The van der Waals surface area contributed by atoms with E-state index in [1.165, 1.54) is 0 Å². The third-order valence-electron chi connectivity index (χ3n) is 7.22. The predicted molar refractivity (Wildman–Crippen MR) is 136 cm³/mol. The molecule has 25 heteroatoms. The van der Waals surface area contributed by atoms with E-state index in [1.807, 2.05) is 0 Å². The fraction of sp³-hybridized carbons (Fsp3) is 1.00. The molecule has 0 aromatic heterocycles. The van der Waals surface area contributed by atoms with Crippen molar-refractivity contribution in [3.8, 4) is 0 Å². The Morgan fingerprint density at radius 2 is 0.592 bits per heavy atom. The van der Waals surface area contributed by atoms with Crippen molar-refractivity contribution in [3.63, 3.8) is 0 Å². The Morgan fingerprint density at radius 1 is 0.408 bits per heavy atom. The van der Waals surface area contributed by atoms with Gasteiger partial charge in [-0.2, -0.15) is 0 Å². The Kier molecular flexibility index (Phi) is 16.2. The summed E-state index contributed by atoms with van der Waals surface area (Å²) in [6.45, 7) is -4.71. The number of hydrogen-bond acceptors (Lipinski definition) is 3. The summed E-state index contributed by atoms with van der Waals surface area (Å²) in [5.74, 6) is -27.9. The van der Waals surface area contributed by atoms with E-state index in [-0.39, 0.29) is 0 Å². The minimum absolute atomic E-state index is 0.534. The molecule has 0 heterocycles. The van der Waals surface area contributed by atoms with E-state index in [9.17, 15) is 52.7 Å². The SMILES string of the molecule is CCCC[O][Sn]([O][Sn]([O]CCCC)([C](F)(F)C(F)(F)C(C)F)[C](F)(F)C(F)(F)C(C)F)([C](F)(F)C(F)(F)C(C)F)[C](F)(F)C(F)(F)C(C)F. The summed E-state index contributed by atoms with van der Waals surface area (Å²) in [6, 6.07) is 0. The van der Waals surface area contributed by atoms with Gasteiger partial charge in [0.25, 0.3) is 0 Å². The normalized spacial score (nSPS) is 20.0. The standard InChI is InChI=1S/4C4H4F5.2C4H9O.O.2Sn/c4*1-2(5)4(8,9)3(6)7;2*1-2-3-4-5;;;/h4*2H,1H3;2*2-4H2,1H3;;;/q;;;;2*-1;;2*+1. The number of unbranched alkanes of at least 4 members (excludes halogenated alkanes) is 2. The molecule has 0 rings (SSSR count). The van der Waals surface area contributed by atoms with Gasteiger partial charge in [0.1, 0.15) is 0 Å². The summed E-state index contributed by atoms with van der Waals surface area (Å²) in [5, 5.41) is 0. The molecule has 0 aromatic rings. The second kappa shape index (κ2) is 16.2. The monoisotopic (exact) mass is 990 g/mol. The molecule has 0 N–H and O–H groups in total. The summed E-state index contributed by atoms with van der Waals surface area (Å²) in [4.78, 5) is 0. The third kappa shape index (κ3) is 7.84. The number of alkyl halides is 20. The second-order valence-corrected chi connectivity index (χ2v) is 31.3. The van der Waals surface area contributed by atoms with E-state index in [2.05, 4.69) is 7.56 Å². The van der Waals surface area contributed by atoms with Crippen LogP contribution >= 0.6 is 0 Å². The summed E-state index contributed by atoms with van der Waals surface area (Å²) < 4.78 is 284. The van der Waals surface area contributed by atoms with E-state index in [1.54, 1.807) is 0 Å². The van der Waals surface area contributed by atoms with E-state index >= 15 is 35.1 Å². The Balaban J connectivity index is 9.34. The van der Waals surface area contributed by atoms with Gasteiger partial charge in [-0.15, -0.1) is 0 Å².